The minimum Gasteiger partial charge on any atom is -0.508 e. The van der Waals surface area contributed by atoms with E-state index in [1.807, 2.05) is 24.3 Å². The number of rotatable bonds is 8. The summed E-state index contributed by atoms with van der Waals surface area (Å²) in [6, 6.07) is 14.0. The second-order valence-electron chi connectivity index (χ2n) is 9.00. The van der Waals surface area contributed by atoms with Crippen molar-refractivity contribution >= 4 is 0 Å². The molecule has 6 heteroatoms. The number of methoxy groups -OCH3 is 3. The minimum absolute atomic E-state index is 0.0459. The van der Waals surface area contributed by atoms with Crippen LogP contribution in [-0.2, 0) is 0 Å². The van der Waals surface area contributed by atoms with E-state index in [1.165, 1.54) is 7.11 Å². The van der Waals surface area contributed by atoms with Gasteiger partial charge in [-0.05, 0) is 59.2 Å². The third kappa shape index (κ3) is 4.38. The van der Waals surface area contributed by atoms with Crippen molar-refractivity contribution < 1.29 is 29.2 Å². The Kier molecular flexibility index (Phi) is 6.02. The minimum atomic E-state index is -0.0459. The number of hydrogen-bond acceptors (Lipinski definition) is 6. The van der Waals surface area contributed by atoms with Crippen LogP contribution in [0.5, 0.6) is 34.5 Å². The van der Waals surface area contributed by atoms with Crippen molar-refractivity contribution in [3.05, 3.63) is 48.5 Å². The molecule has 0 aliphatic heterocycles. The summed E-state index contributed by atoms with van der Waals surface area (Å²) in [5.74, 6) is 2.69. The molecule has 1 fully saturated rings. The Morgan fingerprint density at radius 1 is 0.818 bits per heavy atom. The van der Waals surface area contributed by atoms with Gasteiger partial charge >= 0.3 is 0 Å². The molecular weight excluding hydrogens is 420 g/mol. The van der Waals surface area contributed by atoms with E-state index in [1.54, 1.807) is 38.5 Å². The zero-order valence-electron chi connectivity index (χ0n) is 19.6. The van der Waals surface area contributed by atoms with Gasteiger partial charge in [-0.3, -0.25) is 0 Å². The lowest BCUT2D eigenvalue weighted by atomic mass is 9.96. The zero-order chi connectivity index (χ0) is 23.8. The molecule has 0 amide bonds. The number of phenols is 2. The van der Waals surface area contributed by atoms with Gasteiger partial charge in [-0.15, -0.1) is 0 Å². The molecule has 1 aliphatic carbocycles. The van der Waals surface area contributed by atoms with Gasteiger partial charge in [0, 0.05) is 5.56 Å². The molecule has 0 spiro atoms. The summed E-state index contributed by atoms with van der Waals surface area (Å²) >= 11 is 0. The molecule has 0 aromatic heterocycles. The zero-order valence-corrected chi connectivity index (χ0v) is 19.6. The van der Waals surface area contributed by atoms with Crippen LogP contribution in [-0.4, -0.2) is 38.1 Å². The highest BCUT2D eigenvalue weighted by Gasteiger charge is 2.46. The Hall–Kier alpha value is -3.54. The van der Waals surface area contributed by atoms with E-state index in [0.29, 0.717) is 57.6 Å². The van der Waals surface area contributed by atoms with Crippen molar-refractivity contribution in [1.29, 1.82) is 0 Å². The van der Waals surface area contributed by atoms with E-state index in [2.05, 4.69) is 13.8 Å². The van der Waals surface area contributed by atoms with E-state index < -0.39 is 0 Å². The molecule has 174 valence electrons. The average molecular weight is 451 g/mol. The molecule has 2 N–H and O–H groups in total. The van der Waals surface area contributed by atoms with E-state index in [0.717, 1.165) is 12.0 Å². The molecule has 0 radical (unpaired) electrons. The van der Waals surface area contributed by atoms with Crippen LogP contribution in [0.4, 0.5) is 0 Å². The largest absolute Gasteiger partial charge is 0.508 e. The third-order valence-corrected chi connectivity index (χ3v) is 6.43. The SMILES string of the molecule is COc1cc(-c2c(OC)cc(-c3ccc(O)cc3)c(OC)c2O)ccc1OCC1CC1(C)C. The monoisotopic (exact) mass is 450 g/mol. The lowest BCUT2D eigenvalue weighted by Gasteiger charge is -2.19. The molecule has 1 atom stereocenters. The normalized spacial score (nSPS) is 16.2. The molecule has 3 aromatic rings. The fourth-order valence-corrected chi connectivity index (χ4v) is 4.12. The summed E-state index contributed by atoms with van der Waals surface area (Å²) in [7, 11) is 4.65. The van der Waals surface area contributed by atoms with Gasteiger partial charge in [-0.2, -0.15) is 0 Å². The highest BCUT2D eigenvalue weighted by molar-refractivity contribution is 5.88. The fourth-order valence-electron chi connectivity index (χ4n) is 4.12. The summed E-state index contributed by atoms with van der Waals surface area (Å²) in [5.41, 5.74) is 2.95. The summed E-state index contributed by atoms with van der Waals surface area (Å²) < 4.78 is 22.8. The number of benzene rings is 3. The molecule has 1 unspecified atom stereocenters. The predicted molar refractivity (Wildman–Crippen MR) is 128 cm³/mol. The Bertz CT molecular complexity index is 1150. The van der Waals surface area contributed by atoms with Gasteiger partial charge in [0.2, 0.25) is 0 Å². The van der Waals surface area contributed by atoms with Crippen LogP contribution < -0.4 is 18.9 Å². The van der Waals surface area contributed by atoms with E-state index >= 15 is 0 Å². The van der Waals surface area contributed by atoms with Gasteiger partial charge in [0.05, 0.1) is 33.5 Å². The highest BCUT2D eigenvalue weighted by atomic mass is 16.5. The van der Waals surface area contributed by atoms with Gasteiger partial charge in [-0.25, -0.2) is 0 Å². The Balaban J connectivity index is 1.74. The highest BCUT2D eigenvalue weighted by Crippen LogP contribution is 2.53. The van der Waals surface area contributed by atoms with Gasteiger partial charge in [0.15, 0.2) is 23.0 Å². The first-order valence-corrected chi connectivity index (χ1v) is 10.9. The first kappa shape index (κ1) is 22.6. The molecule has 6 nitrogen and oxygen atoms in total. The summed E-state index contributed by atoms with van der Waals surface area (Å²) in [5, 5.41) is 20.8. The van der Waals surface area contributed by atoms with Crippen LogP contribution in [0.15, 0.2) is 48.5 Å². The first-order chi connectivity index (χ1) is 15.8. The summed E-state index contributed by atoms with van der Waals surface area (Å²) in [6.45, 7) is 5.13. The maximum atomic E-state index is 11.2. The molecule has 3 aromatic carbocycles. The Labute approximate surface area is 194 Å². The average Bonchev–Trinajstić information content (AvgIpc) is 3.43. The Morgan fingerprint density at radius 2 is 1.45 bits per heavy atom. The summed E-state index contributed by atoms with van der Waals surface area (Å²) in [6.07, 6.45) is 1.16. The molecule has 1 saturated carbocycles. The van der Waals surface area contributed by atoms with Gasteiger partial charge < -0.3 is 29.2 Å². The molecule has 0 bridgehead atoms. The molecule has 33 heavy (non-hydrogen) atoms. The quantitative estimate of drug-likeness (QED) is 0.446. The van der Waals surface area contributed by atoms with Crippen molar-refractivity contribution in [3.8, 4) is 56.8 Å². The van der Waals surface area contributed by atoms with Crippen LogP contribution in [0.25, 0.3) is 22.3 Å². The third-order valence-electron chi connectivity index (χ3n) is 6.43. The molecule has 1 aliphatic rings. The van der Waals surface area contributed by atoms with Crippen LogP contribution in [0.1, 0.15) is 20.3 Å². The standard InChI is InChI=1S/C27H30O6/c1-27(2)14-18(27)15-33-21-11-8-17(12-22(21)30-3)24-23(31-4)13-20(26(32-5)25(24)29)16-6-9-19(28)10-7-16/h6-13,18,28-29H,14-15H2,1-5H3. The van der Waals surface area contributed by atoms with E-state index in [-0.39, 0.29) is 11.5 Å². The molecular formula is C27H30O6. The van der Waals surface area contributed by atoms with Gasteiger partial charge in [0.1, 0.15) is 11.5 Å². The maximum Gasteiger partial charge on any atom is 0.170 e. The number of phenolic OH excluding ortho intramolecular Hbond substituents is 2. The molecule has 0 heterocycles. The molecule has 4 rings (SSSR count). The van der Waals surface area contributed by atoms with Gasteiger partial charge in [-0.1, -0.05) is 32.0 Å². The first-order valence-electron chi connectivity index (χ1n) is 10.9. The van der Waals surface area contributed by atoms with Crippen molar-refractivity contribution in [2.24, 2.45) is 11.3 Å². The van der Waals surface area contributed by atoms with Crippen molar-refractivity contribution in [2.45, 2.75) is 20.3 Å². The second kappa shape index (κ2) is 8.77. The smallest absolute Gasteiger partial charge is 0.170 e. The van der Waals surface area contributed by atoms with Gasteiger partial charge in [0.25, 0.3) is 0 Å². The topological polar surface area (TPSA) is 77.4 Å². The van der Waals surface area contributed by atoms with Crippen LogP contribution in [0.2, 0.25) is 0 Å². The van der Waals surface area contributed by atoms with Crippen molar-refractivity contribution in [2.75, 3.05) is 27.9 Å². The predicted octanol–water partition coefficient (Wildman–Crippen LogP) is 5.88. The van der Waals surface area contributed by atoms with Crippen molar-refractivity contribution in [1.82, 2.24) is 0 Å². The maximum absolute atomic E-state index is 11.2. The van der Waals surface area contributed by atoms with Crippen molar-refractivity contribution in [3.63, 3.8) is 0 Å². The van der Waals surface area contributed by atoms with Crippen LogP contribution in [0, 0.1) is 11.3 Å². The lowest BCUT2D eigenvalue weighted by Crippen LogP contribution is -2.05. The molecule has 0 saturated heterocycles. The van der Waals surface area contributed by atoms with E-state index in [9.17, 15) is 10.2 Å². The number of hydrogen-bond donors (Lipinski definition) is 2. The van der Waals surface area contributed by atoms with E-state index in [4.69, 9.17) is 18.9 Å². The van der Waals surface area contributed by atoms with Crippen LogP contribution in [0.3, 0.4) is 0 Å². The summed E-state index contributed by atoms with van der Waals surface area (Å²) in [4.78, 5) is 0. The number of ether oxygens (including phenoxy) is 4. The lowest BCUT2D eigenvalue weighted by molar-refractivity contribution is 0.264. The number of aromatic hydroxyl groups is 2. The fraction of sp³-hybridized carbons (Fsp3) is 0.333. The Morgan fingerprint density at radius 3 is 2.03 bits per heavy atom. The second-order valence-corrected chi connectivity index (χ2v) is 9.00. The van der Waals surface area contributed by atoms with Crippen LogP contribution >= 0.6 is 0 Å².